The van der Waals surface area contributed by atoms with Crippen LogP contribution in [0.2, 0.25) is 0 Å². The molecule has 1 saturated heterocycles. The van der Waals surface area contributed by atoms with Gasteiger partial charge < -0.3 is 10.2 Å². The number of nitrogens with zero attached hydrogens (tertiary/aromatic N) is 4. The Balaban J connectivity index is 1.82. The fourth-order valence-electron chi connectivity index (χ4n) is 2.30. The van der Waals surface area contributed by atoms with Crippen LogP contribution in [0.5, 0.6) is 0 Å². The van der Waals surface area contributed by atoms with E-state index in [1.165, 1.54) is 0 Å². The highest BCUT2D eigenvalue weighted by atomic mass is 32.1. The molecular formula is C13H17N5OS. The van der Waals surface area contributed by atoms with Gasteiger partial charge >= 0.3 is 0 Å². The predicted molar refractivity (Wildman–Crippen MR) is 79.9 cm³/mol. The SMILES string of the molecule is CNc1nc(CN2CCN(C)C(=O)C2)nc2sccc12. The Morgan fingerprint density at radius 2 is 2.25 bits per heavy atom. The molecular weight excluding hydrogens is 274 g/mol. The average Bonchev–Trinajstić information content (AvgIpc) is 2.90. The summed E-state index contributed by atoms with van der Waals surface area (Å²) in [5.74, 6) is 1.77. The van der Waals surface area contributed by atoms with Crippen molar-refractivity contribution in [3.05, 3.63) is 17.3 Å². The van der Waals surface area contributed by atoms with Gasteiger partial charge in [-0.25, -0.2) is 9.97 Å². The van der Waals surface area contributed by atoms with Gasteiger partial charge in [-0.15, -0.1) is 11.3 Å². The van der Waals surface area contributed by atoms with Crippen molar-refractivity contribution in [3.63, 3.8) is 0 Å². The van der Waals surface area contributed by atoms with Crippen LogP contribution >= 0.6 is 11.3 Å². The highest BCUT2D eigenvalue weighted by Crippen LogP contribution is 2.25. The summed E-state index contributed by atoms with van der Waals surface area (Å²) >= 11 is 1.61. The number of rotatable bonds is 3. The van der Waals surface area contributed by atoms with Crippen LogP contribution in [-0.2, 0) is 11.3 Å². The minimum Gasteiger partial charge on any atom is -0.372 e. The number of carbonyl (C=O) groups is 1. The van der Waals surface area contributed by atoms with Crippen LogP contribution in [0.15, 0.2) is 11.4 Å². The third-order valence-corrected chi connectivity index (χ3v) is 4.32. The van der Waals surface area contributed by atoms with Gasteiger partial charge in [0.2, 0.25) is 5.91 Å². The molecule has 1 N–H and O–H groups in total. The summed E-state index contributed by atoms with van der Waals surface area (Å²) in [7, 11) is 3.70. The third-order valence-electron chi connectivity index (χ3n) is 3.51. The zero-order valence-electron chi connectivity index (χ0n) is 11.6. The van der Waals surface area contributed by atoms with Gasteiger partial charge in [-0.05, 0) is 11.4 Å². The second-order valence-electron chi connectivity index (χ2n) is 4.90. The van der Waals surface area contributed by atoms with Gasteiger partial charge in [-0.1, -0.05) is 0 Å². The van der Waals surface area contributed by atoms with Crippen molar-refractivity contribution < 1.29 is 4.79 Å². The molecule has 20 heavy (non-hydrogen) atoms. The summed E-state index contributed by atoms with van der Waals surface area (Å²) in [5.41, 5.74) is 0. The van der Waals surface area contributed by atoms with E-state index in [0.29, 0.717) is 13.1 Å². The number of likely N-dealkylation sites (N-methyl/N-ethyl adjacent to an activating group) is 1. The summed E-state index contributed by atoms with van der Waals surface area (Å²) < 4.78 is 0. The number of hydrogen-bond acceptors (Lipinski definition) is 6. The van der Waals surface area contributed by atoms with E-state index in [4.69, 9.17) is 0 Å². The molecule has 0 spiro atoms. The maximum absolute atomic E-state index is 11.7. The van der Waals surface area contributed by atoms with Crippen LogP contribution in [0.3, 0.4) is 0 Å². The molecule has 3 rings (SSSR count). The van der Waals surface area contributed by atoms with Crippen LogP contribution in [0, 0.1) is 0 Å². The molecule has 2 aromatic heterocycles. The van der Waals surface area contributed by atoms with Crippen molar-refractivity contribution in [2.75, 3.05) is 39.0 Å². The molecule has 0 atom stereocenters. The van der Waals surface area contributed by atoms with Crippen LogP contribution in [0.1, 0.15) is 5.82 Å². The van der Waals surface area contributed by atoms with Crippen molar-refractivity contribution in [1.82, 2.24) is 19.8 Å². The Labute approximate surface area is 121 Å². The van der Waals surface area contributed by atoms with Gasteiger partial charge in [-0.2, -0.15) is 0 Å². The number of amides is 1. The number of hydrogen-bond donors (Lipinski definition) is 1. The first-order valence-electron chi connectivity index (χ1n) is 6.55. The van der Waals surface area contributed by atoms with Crippen molar-refractivity contribution >= 4 is 33.3 Å². The molecule has 0 aromatic carbocycles. The van der Waals surface area contributed by atoms with E-state index in [1.54, 1.807) is 16.2 Å². The molecule has 1 amide bonds. The molecule has 0 radical (unpaired) electrons. The molecule has 0 aliphatic carbocycles. The van der Waals surface area contributed by atoms with Crippen molar-refractivity contribution in [2.45, 2.75) is 6.54 Å². The lowest BCUT2D eigenvalue weighted by Gasteiger charge is -2.31. The maximum Gasteiger partial charge on any atom is 0.236 e. The van der Waals surface area contributed by atoms with Gasteiger partial charge in [0.1, 0.15) is 16.5 Å². The first kappa shape index (κ1) is 13.3. The van der Waals surface area contributed by atoms with E-state index >= 15 is 0 Å². The number of piperazine rings is 1. The maximum atomic E-state index is 11.7. The molecule has 1 aliphatic rings. The molecule has 1 fully saturated rings. The summed E-state index contributed by atoms with van der Waals surface area (Å²) in [5, 5.41) is 6.18. The quantitative estimate of drug-likeness (QED) is 0.914. The van der Waals surface area contributed by atoms with Crippen molar-refractivity contribution in [2.24, 2.45) is 0 Å². The fraction of sp³-hybridized carbons (Fsp3) is 0.462. The van der Waals surface area contributed by atoms with Crippen LogP contribution in [0.4, 0.5) is 5.82 Å². The van der Waals surface area contributed by atoms with Gasteiger partial charge in [0.25, 0.3) is 0 Å². The van der Waals surface area contributed by atoms with E-state index in [2.05, 4.69) is 20.2 Å². The Bertz CT molecular complexity index is 641. The van der Waals surface area contributed by atoms with Gasteiger partial charge in [0, 0.05) is 27.2 Å². The lowest BCUT2D eigenvalue weighted by Crippen LogP contribution is -2.48. The average molecular weight is 291 g/mol. The Hall–Kier alpha value is -1.73. The summed E-state index contributed by atoms with van der Waals surface area (Å²) in [6.45, 7) is 2.68. The molecule has 3 heterocycles. The van der Waals surface area contributed by atoms with Crippen molar-refractivity contribution in [3.8, 4) is 0 Å². The molecule has 0 bridgehead atoms. The first-order chi connectivity index (χ1) is 9.67. The molecule has 2 aromatic rings. The summed E-state index contributed by atoms with van der Waals surface area (Å²) in [6.07, 6.45) is 0. The second kappa shape index (κ2) is 5.34. The number of carbonyl (C=O) groups excluding carboxylic acids is 1. The number of nitrogens with one attached hydrogen (secondary N) is 1. The minimum atomic E-state index is 0.155. The number of anilines is 1. The Kier molecular flexibility index (Phi) is 3.54. The highest BCUT2D eigenvalue weighted by Gasteiger charge is 2.22. The minimum absolute atomic E-state index is 0.155. The topological polar surface area (TPSA) is 61.4 Å². The monoisotopic (exact) mass is 291 g/mol. The van der Waals surface area contributed by atoms with Gasteiger partial charge in [0.15, 0.2) is 0 Å². The van der Waals surface area contributed by atoms with Crippen LogP contribution in [0.25, 0.3) is 10.2 Å². The zero-order valence-corrected chi connectivity index (χ0v) is 12.4. The van der Waals surface area contributed by atoms with E-state index in [-0.39, 0.29) is 5.91 Å². The molecule has 7 heteroatoms. The van der Waals surface area contributed by atoms with E-state index < -0.39 is 0 Å². The number of aromatic nitrogens is 2. The predicted octanol–water partition coefficient (Wildman–Crippen LogP) is 1.01. The Morgan fingerprint density at radius 3 is 3.00 bits per heavy atom. The van der Waals surface area contributed by atoms with Gasteiger partial charge in [0.05, 0.1) is 18.5 Å². The normalized spacial score (nSPS) is 16.9. The van der Waals surface area contributed by atoms with E-state index in [0.717, 1.165) is 34.9 Å². The lowest BCUT2D eigenvalue weighted by molar-refractivity contribution is -0.134. The molecule has 6 nitrogen and oxygen atoms in total. The molecule has 106 valence electrons. The standard InChI is InChI=1S/C13H17N5OS/c1-14-12-9-3-6-20-13(9)16-10(15-12)7-18-5-4-17(2)11(19)8-18/h3,6H,4-5,7-8H2,1-2H3,(H,14,15,16). The zero-order chi connectivity index (χ0) is 14.1. The Morgan fingerprint density at radius 1 is 1.40 bits per heavy atom. The summed E-state index contributed by atoms with van der Waals surface area (Å²) in [6, 6.07) is 2.02. The fourth-order valence-corrected chi connectivity index (χ4v) is 3.09. The number of fused-ring (bicyclic) bond motifs is 1. The smallest absolute Gasteiger partial charge is 0.236 e. The number of thiophene rings is 1. The summed E-state index contributed by atoms with van der Waals surface area (Å²) in [4.78, 5) is 25.7. The largest absolute Gasteiger partial charge is 0.372 e. The van der Waals surface area contributed by atoms with E-state index in [9.17, 15) is 4.79 Å². The molecule has 0 unspecified atom stereocenters. The van der Waals surface area contributed by atoms with Crippen LogP contribution < -0.4 is 5.32 Å². The first-order valence-corrected chi connectivity index (χ1v) is 7.43. The highest BCUT2D eigenvalue weighted by molar-refractivity contribution is 7.16. The van der Waals surface area contributed by atoms with Crippen molar-refractivity contribution in [1.29, 1.82) is 0 Å². The van der Waals surface area contributed by atoms with Crippen LogP contribution in [-0.4, -0.2) is 59.4 Å². The third kappa shape index (κ3) is 2.46. The second-order valence-corrected chi connectivity index (χ2v) is 5.80. The lowest BCUT2D eigenvalue weighted by atomic mass is 10.3. The molecule has 1 aliphatic heterocycles. The molecule has 0 saturated carbocycles. The van der Waals surface area contributed by atoms with Gasteiger partial charge in [-0.3, -0.25) is 9.69 Å². The van der Waals surface area contributed by atoms with E-state index in [1.807, 2.05) is 25.5 Å².